The van der Waals surface area contributed by atoms with Gasteiger partial charge in [-0.25, -0.2) is 0 Å². The van der Waals surface area contributed by atoms with Crippen LogP contribution in [-0.2, 0) is 15.3 Å². The lowest BCUT2D eigenvalue weighted by molar-refractivity contribution is -0.246. The fraction of sp³-hybridized carbons (Fsp3) is 0.368. The number of benzene rings is 2. The van der Waals surface area contributed by atoms with Gasteiger partial charge in [0.1, 0.15) is 12.2 Å². The second-order valence-electron chi connectivity index (χ2n) is 5.79. The number of rotatable bonds is 5. The third-order valence-corrected chi connectivity index (χ3v) is 4.29. The Morgan fingerprint density at radius 1 is 1.04 bits per heavy atom. The van der Waals surface area contributed by atoms with Crippen LogP contribution in [0.4, 0.5) is 0 Å². The Bertz CT molecular complexity index is 616. The second kappa shape index (κ2) is 6.81. The predicted molar refractivity (Wildman–Crippen MR) is 86.6 cm³/mol. The highest BCUT2D eigenvalue weighted by atomic mass is 16.8. The summed E-state index contributed by atoms with van der Waals surface area (Å²) in [5, 5.41) is 21.1. The van der Waals surface area contributed by atoms with Crippen LogP contribution in [0.3, 0.4) is 0 Å². The van der Waals surface area contributed by atoms with Crippen LogP contribution in [0, 0.1) is 0 Å². The molecule has 1 saturated heterocycles. The highest BCUT2D eigenvalue weighted by Crippen LogP contribution is 2.45. The van der Waals surface area contributed by atoms with Gasteiger partial charge in [0.25, 0.3) is 0 Å². The van der Waals surface area contributed by atoms with E-state index >= 15 is 0 Å². The molecule has 0 saturated carbocycles. The summed E-state index contributed by atoms with van der Waals surface area (Å²) < 4.78 is 12.0. The molecule has 4 nitrogen and oxygen atoms in total. The maximum atomic E-state index is 11.0. The Hall–Kier alpha value is -1.72. The summed E-state index contributed by atoms with van der Waals surface area (Å²) in [5.74, 6) is -1.30. The van der Waals surface area contributed by atoms with E-state index in [9.17, 15) is 10.2 Å². The maximum absolute atomic E-state index is 11.0. The van der Waals surface area contributed by atoms with Crippen LogP contribution >= 0.6 is 0 Å². The molecular formula is C19H22O4. The second-order valence-corrected chi connectivity index (χ2v) is 5.79. The first-order chi connectivity index (χ1) is 11.2. The number of aliphatic hydroxyl groups excluding tert-OH is 2. The van der Waals surface area contributed by atoms with Crippen molar-refractivity contribution < 1.29 is 19.7 Å². The van der Waals surface area contributed by atoms with Crippen molar-refractivity contribution >= 4 is 0 Å². The third kappa shape index (κ3) is 3.03. The van der Waals surface area contributed by atoms with E-state index in [1.807, 2.05) is 67.6 Å². The molecule has 0 aromatic heterocycles. The molecule has 2 aromatic carbocycles. The Kier molecular flexibility index (Phi) is 4.78. The summed E-state index contributed by atoms with van der Waals surface area (Å²) in [5.41, 5.74) is 1.45. The molecule has 0 spiro atoms. The summed E-state index contributed by atoms with van der Waals surface area (Å²) >= 11 is 0. The molecule has 0 amide bonds. The quantitative estimate of drug-likeness (QED) is 0.891. The van der Waals surface area contributed by atoms with Crippen LogP contribution in [0.15, 0.2) is 60.7 Å². The van der Waals surface area contributed by atoms with Gasteiger partial charge in [-0.05, 0) is 12.0 Å². The molecule has 2 N–H and O–H groups in total. The minimum Gasteiger partial charge on any atom is -0.390 e. The minimum atomic E-state index is -1.30. The van der Waals surface area contributed by atoms with Crippen molar-refractivity contribution in [2.45, 2.75) is 37.4 Å². The van der Waals surface area contributed by atoms with Crippen molar-refractivity contribution in [3.05, 3.63) is 71.8 Å². The topological polar surface area (TPSA) is 58.9 Å². The zero-order valence-electron chi connectivity index (χ0n) is 13.1. The lowest BCUT2D eigenvalue weighted by Crippen LogP contribution is -2.37. The van der Waals surface area contributed by atoms with Gasteiger partial charge < -0.3 is 19.7 Å². The molecule has 4 heteroatoms. The van der Waals surface area contributed by atoms with E-state index in [1.54, 1.807) is 0 Å². The lowest BCUT2D eigenvalue weighted by atomic mass is 9.94. The molecule has 122 valence electrons. The third-order valence-electron chi connectivity index (χ3n) is 4.29. The van der Waals surface area contributed by atoms with Gasteiger partial charge in [-0.15, -0.1) is 0 Å². The summed E-state index contributed by atoms with van der Waals surface area (Å²) in [6, 6.07) is 18.7. The summed E-state index contributed by atoms with van der Waals surface area (Å²) in [4.78, 5) is 0. The lowest BCUT2D eigenvalue weighted by Gasteiger charge is -2.34. The Balaban J connectivity index is 1.99. The SMILES string of the molecule is CCC(O)C1COC(c2ccccc2)(C(O)c2ccccc2)O1. The van der Waals surface area contributed by atoms with Crippen molar-refractivity contribution in [1.29, 1.82) is 0 Å². The minimum absolute atomic E-state index is 0.244. The van der Waals surface area contributed by atoms with E-state index in [4.69, 9.17) is 9.47 Å². The molecule has 0 bridgehead atoms. The Morgan fingerprint density at radius 2 is 1.65 bits per heavy atom. The first-order valence-corrected chi connectivity index (χ1v) is 7.95. The molecule has 1 aliphatic rings. The highest BCUT2D eigenvalue weighted by molar-refractivity contribution is 5.28. The van der Waals surface area contributed by atoms with Gasteiger partial charge in [-0.2, -0.15) is 0 Å². The fourth-order valence-corrected chi connectivity index (χ4v) is 2.93. The largest absolute Gasteiger partial charge is 0.390 e. The van der Waals surface area contributed by atoms with E-state index in [0.29, 0.717) is 12.0 Å². The Labute approximate surface area is 136 Å². The van der Waals surface area contributed by atoms with Gasteiger partial charge in [0, 0.05) is 5.56 Å². The zero-order chi connectivity index (χ0) is 16.3. The summed E-state index contributed by atoms with van der Waals surface area (Å²) in [7, 11) is 0. The van der Waals surface area contributed by atoms with Gasteiger partial charge in [-0.1, -0.05) is 67.6 Å². The van der Waals surface area contributed by atoms with Crippen LogP contribution in [0.25, 0.3) is 0 Å². The van der Waals surface area contributed by atoms with Gasteiger partial charge in [0.05, 0.1) is 12.7 Å². The Morgan fingerprint density at radius 3 is 2.26 bits per heavy atom. The molecule has 1 heterocycles. The van der Waals surface area contributed by atoms with E-state index < -0.39 is 24.1 Å². The fourth-order valence-electron chi connectivity index (χ4n) is 2.93. The van der Waals surface area contributed by atoms with Gasteiger partial charge in [0.15, 0.2) is 0 Å². The van der Waals surface area contributed by atoms with Gasteiger partial charge in [-0.3, -0.25) is 0 Å². The molecule has 2 aromatic rings. The predicted octanol–water partition coefficient (Wildman–Crippen LogP) is 2.76. The molecule has 0 aliphatic carbocycles. The smallest absolute Gasteiger partial charge is 0.226 e. The molecule has 3 rings (SSSR count). The average Bonchev–Trinajstić information content (AvgIpc) is 3.08. The molecule has 4 unspecified atom stereocenters. The molecule has 23 heavy (non-hydrogen) atoms. The van der Waals surface area contributed by atoms with Crippen LogP contribution < -0.4 is 0 Å². The number of hydrogen-bond donors (Lipinski definition) is 2. The van der Waals surface area contributed by atoms with Crippen molar-refractivity contribution in [2.24, 2.45) is 0 Å². The summed E-state index contributed by atoms with van der Waals surface area (Å²) in [6.07, 6.45) is -1.50. The van der Waals surface area contributed by atoms with Crippen LogP contribution in [0.2, 0.25) is 0 Å². The van der Waals surface area contributed by atoms with E-state index in [2.05, 4.69) is 0 Å². The van der Waals surface area contributed by atoms with E-state index in [0.717, 1.165) is 5.56 Å². The number of aliphatic hydroxyl groups is 2. The van der Waals surface area contributed by atoms with Gasteiger partial charge >= 0.3 is 0 Å². The normalized spacial score (nSPS) is 26.8. The van der Waals surface area contributed by atoms with Crippen molar-refractivity contribution in [3.8, 4) is 0 Å². The van der Waals surface area contributed by atoms with Crippen molar-refractivity contribution in [2.75, 3.05) is 6.61 Å². The molecular weight excluding hydrogens is 292 g/mol. The first-order valence-electron chi connectivity index (χ1n) is 7.95. The zero-order valence-corrected chi connectivity index (χ0v) is 13.1. The van der Waals surface area contributed by atoms with Crippen LogP contribution in [-0.4, -0.2) is 29.0 Å². The van der Waals surface area contributed by atoms with E-state index in [-0.39, 0.29) is 6.61 Å². The average molecular weight is 314 g/mol. The maximum Gasteiger partial charge on any atom is 0.226 e. The molecule has 4 atom stereocenters. The van der Waals surface area contributed by atoms with Crippen molar-refractivity contribution in [3.63, 3.8) is 0 Å². The standard InChI is InChI=1S/C19H22O4/c1-2-16(20)17-13-22-19(23-17,15-11-7-4-8-12-15)18(21)14-9-5-3-6-10-14/h3-12,16-18,20-21H,2,13H2,1H3. The molecule has 1 aliphatic heterocycles. The van der Waals surface area contributed by atoms with Crippen molar-refractivity contribution in [1.82, 2.24) is 0 Å². The number of ether oxygens (including phenoxy) is 2. The van der Waals surface area contributed by atoms with Crippen LogP contribution in [0.5, 0.6) is 0 Å². The monoisotopic (exact) mass is 314 g/mol. The molecule has 0 radical (unpaired) electrons. The van der Waals surface area contributed by atoms with E-state index in [1.165, 1.54) is 0 Å². The number of hydrogen-bond acceptors (Lipinski definition) is 4. The van der Waals surface area contributed by atoms with Gasteiger partial charge in [0.2, 0.25) is 5.79 Å². The first kappa shape index (κ1) is 16.1. The molecule has 1 fully saturated rings. The van der Waals surface area contributed by atoms with Crippen LogP contribution in [0.1, 0.15) is 30.6 Å². The summed E-state index contributed by atoms with van der Waals surface area (Å²) in [6.45, 7) is 2.14. The highest BCUT2D eigenvalue weighted by Gasteiger charge is 2.50.